The van der Waals surface area contributed by atoms with Gasteiger partial charge in [-0.15, -0.1) is 12.4 Å². The van der Waals surface area contributed by atoms with Gasteiger partial charge in [0, 0.05) is 32.0 Å². The van der Waals surface area contributed by atoms with Gasteiger partial charge in [-0.25, -0.2) is 0 Å². The van der Waals surface area contributed by atoms with E-state index in [1.807, 2.05) is 18.3 Å². The first-order chi connectivity index (χ1) is 11.3. The Bertz CT molecular complexity index is 707. The Morgan fingerprint density at radius 1 is 1.21 bits per heavy atom. The first kappa shape index (κ1) is 16.9. The van der Waals surface area contributed by atoms with Crippen molar-refractivity contribution in [1.82, 2.24) is 15.2 Å². The van der Waals surface area contributed by atoms with Crippen LogP contribution in [0.4, 0.5) is 0 Å². The predicted octanol–water partition coefficient (Wildman–Crippen LogP) is 2.71. The second kappa shape index (κ2) is 7.32. The van der Waals surface area contributed by atoms with Gasteiger partial charge in [-0.05, 0) is 35.6 Å². The van der Waals surface area contributed by atoms with Crippen molar-refractivity contribution < 1.29 is 4.79 Å². The van der Waals surface area contributed by atoms with Crippen molar-refractivity contribution in [3.63, 3.8) is 0 Å². The predicted molar refractivity (Wildman–Crippen MR) is 96.3 cm³/mol. The number of nitrogens with zero attached hydrogens (tertiary/aromatic N) is 2. The molecule has 24 heavy (non-hydrogen) atoms. The van der Waals surface area contributed by atoms with Crippen LogP contribution in [0.3, 0.4) is 0 Å². The summed E-state index contributed by atoms with van der Waals surface area (Å²) >= 11 is 0. The van der Waals surface area contributed by atoms with Gasteiger partial charge in [0.1, 0.15) is 0 Å². The van der Waals surface area contributed by atoms with Crippen LogP contribution in [-0.4, -0.2) is 35.4 Å². The summed E-state index contributed by atoms with van der Waals surface area (Å²) in [6.45, 7) is 2.42. The summed E-state index contributed by atoms with van der Waals surface area (Å²) in [6.07, 6.45) is 5.60. The number of pyridine rings is 1. The topological polar surface area (TPSA) is 45.2 Å². The molecule has 4 rings (SSSR count). The van der Waals surface area contributed by atoms with Crippen LogP contribution in [0, 0.1) is 0 Å². The van der Waals surface area contributed by atoms with Gasteiger partial charge in [0.2, 0.25) is 5.91 Å². The molecule has 1 fully saturated rings. The number of aromatic nitrogens is 1. The minimum Gasteiger partial charge on any atom is -0.333 e. The number of piperazine rings is 1. The standard InChI is InChI=1S/C19H21N3O.ClH/c23-19(17-8-7-14-4-1-2-6-16(14)17)22-11-10-21-13-18(22)15-5-3-9-20-12-15;/h1-6,9,12,17-18,21H,7-8,10-11,13H2;1H. The summed E-state index contributed by atoms with van der Waals surface area (Å²) in [7, 11) is 0. The van der Waals surface area contributed by atoms with Gasteiger partial charge in [-0.2, -0.15) is 0 Å². The van der Waals surface area contributed by atoms with E-state index in [2.05, 4.69) is 39.5 Å². The third-order valence-electron chi connectivity index (χ3n) is 5.03. The summed E-state index contributed by atoms with van der Waals surface area (Å²) < 4.78 is 0. The second-order valence-electron chi connectivity index (χ2n) is 6.33. The maximum atomic E-state index is 13.2. The molecule has 1 aliphatic carbocycles. The van der Waals surface area contributed by atoms with E-state index in [0.717, 1.165) is 38.0 Å². The normalized spacial score (nSPS) is 22.6. The number of carbonyl (C=O) groups is 1. The number of nitrogens with one attached hydrogen (secondary N) is 1. The van der Waals surface area contributed by atoms with Crippen molar-refractivity contribution >= 4 is 18.3 Å². The van der Waals surface area contributed by atoms with E-state index in [1.54, 1.807) is 6.20 Å². The number of hydrogen-bond donors (Lipinski definition) is 1. The molecule has 2 unspecified atom stereocenters. The Morgan fingerprint density at radius 2 is 2.08 bits per heavy atom. The lowest BCUT2D eigenvalue weighted by Crippen LogP contribution is -2.50. The number of amides is 1. The fourth-order valence-electron chi connectivity index (χ4n) is 3.85. The van der Waals surface area contributed by atoms with E-state index >= 15 is 0 Å². The molecule has 0 bridgehead atoms. The van der Waals surface area contributed by atoms with Gasteiger partial charge in [0.25, 0.3) is 0 Å². The first-order valence-corrected chi connectivity index (χ1v) is 8.33. The maximum absolute atomic E-state index is 13.2. The first-order valence-electron chi connectivity index (χ1n) is 8.33. The van der Waals surface area contributed by atoms with Gasteiger partial charge in [0.15, 0.2) is 0 Å². The molecule has 0 spiro atoms. The minimum absolute atomic E-state index is 0. The molecule has 1 aromatic carbocycles. The Morgan fingerprint density at radius 3 is 2.92 bits per heavy atom. The summed E-state index contributed by atoms with van der Waals surface area (Å²) in [5, 5.41) is 3.41. The minimum atomic E-state index is 0. The molecule has 2 aromatic rings. The van der Waals surface area contributed by atoms with Gasteiger partial charge in [-0.1, -0.05) is 30.3 Å². The third-order valence-corrected chi connectivity index (χ3v) is 5.03. The quantitative estimate of drug-likeness (QED) is 0.912. The Hall–Kier alpha value is -1.91. The number of fused-ring (bicyclic) bond motifs is 1. The van der Waals surface area contributed by atoms with Gasteiger partial charge in [-0.3, -0.25) is 9.78 Å². The van der Waals surface area contributed by atoms with Crippen LogP contribution in [0.15, 0.2) is 48.8 Å². The van der Waals surface area contributed by atoms with Crippen molar-refractivity contribution in [1.29, 1.82) is 0 Å². The fraction of sp³-hybridized carbons (Fsp3) is 0.368. The van der Waals surface area contributed by atoms with Crippen molar-refractivity contribution in [2.75, 3.05) is 19.6 Å². The number of halogens is 1. The highest BCUT2D eigenvalue weighted by atomic mass is 35.5. The highest BCUT2D eigenvalue weighted by Gasteiger charge is 2.36. The highest BCUT2D eigenvalue weighted by molar-refractivity contribution is 5.86. The molecule has 4 nitrogen and oxygen atoms in total. The number of hydrogen-bond acceptors (Lipinski definition) is 3. The number of benzene rings is 1. The summed E-state index contributed by atoms with van der Waals surface area (Å²) in [5.41, 5.74) is 3.67. The number of aryl methyl sites for hydroxylation is 1. The molecule has 1 N–H and O–H groups in total. The van der Waals surface area contributed by atoms with E-state index in [-0.39, 0.29) is 30.3 Å². The van der Waals surface area contributed by atoms with E-state index in [1.165, 1.54) is 11.1 Å². The zero-order valence-electron chi connectivity index (χ0n) is 13.5. The SMILES string of the molecule is Cl.O=C(C1CCc2ccccc21)N1CCNCC1c1cccnc1. The summed E-state index contributed by atoms with van der Waals surface area (Å²) in [4.78, 5) is 19.5. The summed E-state index contributed by atoms with van der Waals surface area (Å²) in [5.74, 6) is 0.286. The van der Waals surface area contributed by atoms with Crippen LogP contribution in [-0.2, 0) is 11.2 Å². The van der Waals surface area contributed by atoms with Gasteiger partial charge >= 0.3 is 0 Å². The van der Waals surface area contributed by atoms with Gasteiger partial charge < -0.3 is 10.2 Å². The molecule has 1 aromatic heterocycles. The monoisotopic (exact) mass is 343 g/mol. The van der Waals surface area contributed by atoms with Crippen molar-refractivity contribution in [2.24, 2.45) is 0 Å². The third kappa shape index (κ3) is 3.04. The largest absolute Gasteiger partial charge is 0.333 e. The molecule has 126 valence electrons. The van der Waals surface area contributed by atoms with E-state index in [4.69, 9.17) is 0 Å². The average molecular weight is 344 g/mol. The molecule has 2 atom stereocenters. The van der Waals surface area contributed by atoms with E-state index in [0.29, 0.717) is 0 Å². The van der Waals surface area contributed by atoms with E-state index < -0.39 is 0 Å². The molecular weight excluding hydrogens is 322 g/mol. The molecule has 5 heteroatoms. The number of rotatable bonds is 2. The van der Waals surface area contributed by atoms with E-state index in [9.17, 15) is 4.79 Å². The van der Waals surface area contributed by atoms with Crippen LogP contribution in [0.25, 0.3) is 0 Å². The molecule has 1 aliphatic heterocycles. The van der Waals surface area contributed by atoms with Crippen LogP contribution >= 0.6 is 12.4 Å². The number of carbonyl (C=O) groups excluding carboxylic acids is 1. The van der Waals surface area contributed by atoms with Crippen molar-refractivity contribution in [2.45, 2.75) is 24.8 Å². The molecule has 1 saturated heterocycles. The van der Waals surface area contributed by atoms with Crippen LogP contribution < -0.4 is 5.32 Å². The average Bonchev–Trinajstić information content (AvgIpc) is 3.06. The van der Waals surface area contributed by atoms with Crippen LogP contribution in [0.2, 0.25) is 0 Å². The Labute approximate surface area is 148 Å². The molecular formula is C19H22ClN3O. The Kier molecular flexibility index (Phi) is 5.17. The van der Waals surface area contributed by atoms with Gasteiger partial charge in [0.05, 0.1) is 12.0 Å². The zero-order chi connectivity index (χ0) is 15.6. The lowest BCUT2D eigenvalue weighted by Gasteiger charge is -2.38. The molecule has 2 aliphatic rings. The zero-order valence-corrected chi connectivity index (χ0v) is 14.3. The molecule has 2 heterocycles. The van der Waals surface area contributed by atoms with Crippen molar-refractivity contribution in [3.8, 4) is 0 Å². The van der Waals surface area contributed by atoms with Crippen molar-refractivity contribution in [3.05, 3.63) is 65.5 Å². The smallest absolute Gasteiger partial charge is 0.230 e. The van der Waals surface area contributed by atoms with Crippen LogP contribution in [0.1, 0.15) is 35.1 Å². The highest BCUT2D eigenvalue weighted by Crippen LogP contribution is 2.36. The molecule has 1 amide bonds. The Balaban J connectivity index is 0.00000169. The van der Waals surface area contributed by atoms with Crippen LogP contribution in [0.5, 0.6) is 0 Å². The summed E-state index contributed by atoms with van der Waals surface area (Å²) in [6, 6.07) is 12.5. The second-order valence-corrected chi connectivity index (χ2v) is 6.33. The molecule has 0 radical (unpaired) electrons. The maximum Gasteiger partial charge on any atom is 0.230 e. The lowest BCUT2D eigenvalue weighted by molar-refractivity contribution is -0.136. The molecule has 0 saturated carbocycles. The fourth-order valence-corrected chi connectivity index (χ4v) is 3.85. The lowest BCUT2D eigenvalue weighted by atomic mass is 9.97.